The molecule has 41 heavy (non-hydrogen) atoms. The van der Waals surface area contributed by atoms with Gasteiger partial charge in [0.05, 0.1) is 20.8 Å². The third-order valence-electron chi connectivity index (χ3n) is 6.64. The number of para-hydroxylation sites is 1. The Morgan fingerprint density at radius 1 is 1.12 bits per heavy atom. The van der Waals surface area contributed by atoms with E-state index < -0.39 is 11.6 Å². The second-order valence-electron chi connectivity index (χ2n) is 9.26. The highest BCUT2D eigenvalue weighted by atomic mass is 79.9. The third-order valence-corrected chi connectivity index (χ3v) is 7.36. The van der Waals surface area contributed by atoms with Crippen molar-refractivity contribution in [3.8, 4) is 17.2 Å². The van der Waals surface area contributed by atoms with Crippen LogP contribution in [0.3, 0.4) is 0 Å². The number of nitrogens with one attached hydrogen (secondary N) is 2. The first-order chi connectivity index (χ1) is 20.0. The smallest absolute Gasteiger partial charge is 0.266 e. The van der Waals surface area contributed by atoms with E-state index in [0.29, 0.717) is 41.7 Å². The van der Waals surface area contributed by atoms with Crippen LogP contribution in [0.2, 0.25) is 0 Å². The number of aliphatic hydroxyl groups excluding tert-OH is 1. The zero-order valence-electron chi connectivity index (χ0n) is 23.1. The van der Waals surface area contributed by atoms with Crippen LogP contribution in [0.5, 0.6) is 17.2 Å². The summed E-state index contributed by atoms with van der Waals surface area (Å²) >= 11 is 3.62. The van der Waals surface area contributed by atoms with Crippen molar-refractivity contribution in [2.75, 3.05) is 27.4 Å². The highest BCUT2D eigenvalue weighted by molar-refractivity contribution is 9.10. The standard InChI is InChI=1S/C31H34BrN3O6/c1-4-17-31(30(37)35-33-20-22-9-7-12-26(38-2)27(22)39-3)28(24-10-5-6-11-25(24)32)41-29(34-31)21-13-15-23(16-14-21)40-19-8-18-36/h4-7,9-16,28,33,36H,1,8,17-20H2,2-3H3,(H,35,37)/t28-,31-/m0/s1. The number of aliphatic imine (C=N–C) groups is 1. The van der Waals surface area contributed by atoms with E-state index in [-0.39, 0.29) is 25.5 Å². The summed E-state index contributed by atoms with van der Waals surface area (Å²) in [5, 5.41) is 8.99. The maximum absolute atomic E-state index is 14.0. The molecule has 1 amide bonds. The summed E-state index contributed by atoms with van der Waals surface area (Å²) < 4.78 is 23.8. The van der Waals surface area contributed by atoms with Crippen molar-refractivity contribution in [2.45, 2.75) is 31.0 Å². The molecule has 216 valence electrons. The third kappa shape index (κ3) is 6.73. The Kier molecular flexibility index (Phi) is 10.4. The molecular formula is C31H34BrN3O6. The Hall–Kier alpha value is -3.86. The lowest BCUT2D eigenvalue weighted by molar-refractivity contribution is -0.130. The fourth-order valence-corrected chi connectivity index (χ4v) is 5.11. The van der Waals surface area contributed by atoms with Crippen LogP contribution in [0.1, 0.15) is 35.6 Å². The average molecular weight is 625 g/mol. The minimum atomic E-state index is -1.34. The van der Waals surface area contributed by atoms with Crippen LogP contribution in [0.4, 0.5) is 0 Å². The highest BCUT2D eigenvalue weighted by Gasteiger charge is 2.53. The molecule has 10 heteroatoms. The Morgan fingerprint density at radius 2 is 1.90 bits per heavy atom. The zero-order chi connectivity index (χ0) is 29.2. The van der Waals surface area contributed by atoms with E-state index in [2.05, 4.69) is 33.4 Å². The average Bonchev–Trinajstić information content (AvgIpc) is 3.38. The molecule has 3 aromatic rings. The quantitative estimate of drug-likeness (QED) is 0.133. The molecule has 9 nitrogen and oxygen atoms in total. The summed E-state index contributed by atoms with van der Waals surface area (Å²) in [6.45, 7) is 4.67. The Bertz CT molecular complexity index is 1380. The van der Waals surface area contributed by atoms with Gasteiger partial charge in [-0.25, -0.2) is 10.4 Å². The van der Waals surface area contributed by atoms with Crippen molar-refractivity contribution in [1.29, 1.82) is 0 Å². The van der Waals surface area contributed by atoms with Crippen LogP contribution in [0, 0.1) is 0 Å². The monoisotopic (exact) mass is 623 g/mol. The summed E-state index contributed by atoms with van der Waals surface area (Å²) in [4.78, 5) is 18.9. The number of carbonyl (C=O) groups is 1. The highest BCUT2D eigenvalue weighted by Crippen LogP contribution is 2.44. The summed E-state index contributed by atoms with van der Waals surface area (Å²) in [6.07, 6.45) is 1.70. The van der Waals surface area contributed by atoms with Gasteiger partial charge in [0.1, 0.15) is 5.75 Å². The largest absolute Gasteiger partial charge is 0.494 e. The second kappa shape index (κ2) is 14.2. The van der Waals surface area contributed by atoms with E-state index in [1.165, 1.54) is 0 Å². The second-order valence-corrected chi connectivity index (χ2v) is 10.1. The molecule has 0 aromatic heterocycles. The van der Waals surface area contributed by atoms with Gasteiger partial charge in [0.15, 0.2) is 23.1 Å². The summed E-state index contributed by atoms with van der Waals surface area (Å²) in [7, 11) is 3.15. The first kappa shape index (κ1) is 30.1. The maximum atomic E-state index is 14.0. The van der Waals surface area contributed by atoms with Gasteiger partial charge in [0, 0.05) is 47.2 Å². The molecular weight excluding hydrogens is 590 g/mol. The van der Waals surface area contributed by atoms with Gasteiger partial charge >= 0.3 is 0 Å². The molecule has 0 spiro atoms. The van der Waals surface area contributed by atoms with Crippen LogP contribution < -0.4 is 25.1 Å². The van der Waals surface area contributed by atoms with E-state index in [1.807, 2.05) is 66.7 Å². The van der Waals surface area contributed by atoms with Crippen molar-refractivity contribution in [3.63, 3.8) is 0 Å². The molecule has 1 aliphatic rings. The molecule has 1 heterocycles. The normalized spacial score (nSPS) is 17.8. The zero-order valence-corrected chi connectivity index (χ0v) is 24.6. The van der Waals surface area contributed by atoms with Crippen LogP contribution in [0.25, 0.3) is 0 Å². The van der Waals surface area contributed by atoms with E-state index in [0.717, 1.165) is 15.6 Å². The number of hydrogen-bond donors (Lipinski definition) is 3. The van der Waals surface area contributed by atoms with E-state index in [4.69, 9.17) is 29.0 Å². The topological polar surface area (TPSA) is 111 Å². The van der Waals surface area contributed by atoms with Crippen LogP contribution in [0.15, 0.2) is 88.9 Å². The molecule has 0 fully saturated rings. The number of rotatable bonds is 14. The van der Waals surface area contributed by atoms with Gasteiger partial charge in [-0.05, 0) is 36.4 Å². The molecule has 0 saturated heterocycles. The minimum Gasteiger partial charge on any atom is -0.494 e. The fraction of sp³-hybridized carbons (Fsp3) is 0.290. The Labute approximate surface area is 248 Å². The number of ether oxygens (including phenoxy) is 4. The van der Waals surface area contributed by atoms with Gasteiger partial charge < -0.3 is 24.1 Å². The summed E-state index contributed by atoms with van der Waals surface area (Å²) in [5.41, 5.74) is 6.80. The summed E-state index contributed by atoms with van der Waals surface area (Å²) in [6, 6.07) is 20.4. The number of amides is 1. The number of halogens is 1. The van der Waals surface area contributed by atoms with Gasteiger partial charge in [0.2, 0.25) is 5.90 Å². The lowest BCUT2D eigenvalue weighted by Crippen LogP contribution is -2.52. The van der Waals surface area contributed by atoms with Gasteiger partial charge in [-0.3, -0.25) is 10.2 Å². The molecule has 3 aromatic carbocycles. The van der Waals surface area contributed by atoms with Gasteiger partial charge in [-0.1, -0.05) is 52.3 Å². The lowest BCUT2D eigenvalue weighted by Gasteiger charge is -2.30. The number of nitrogens with zero attached hydrogens (tertiary/aromatic N) is 1. The van der Waals surface area contributed by atoms with Crippen LogP contribution in [-0.4, -0.2) is 49.9 Å². The maximum Gasteiger partial charge on any atom is 0.266 e. The number of hydrazine groups is 1. The van der Waals surface area contributed by atoms with Crippen molar-refractivity contribution < 1.29 is 28.8 Å². The molecule has 4 rings (SSSR count). The minimum absolute atomic E-state index is 0.0640. The number of benzene rings is 3. The molecule has 0 aliphatic carbocycles. The van der Waals surface area contributed by atoms with Crippen molar-refractivity contribution in [3.05, 3.63) is 101 Å². The van der Waals surface area contributed by atoms with Gasteiger partial charge in [-0.2, -0.15) is 0 Å². The molecule has 3 N–H and O–H groups in total. The lowest BCUT2D eigenvalue weighted by atomic mass is 9.84. The molecule has 0 saturated carbocycles. The van der Waals surface area contributed by atoms with Crippen LogP contribution >= 0.6 is 15.9 Å². The molecule has 0 bridgehead atoms. The fourth-order valence-electron chi connectivity index (χ4n) is 4.62. The molecule has 0 unspecified atom stereocenters. The van der Waals surface area contributed by atoms with Crippen LogP contribution in [-0.2, 0) is 16.1 Å². The van der Waals surface area contributed by atoms with Crippen molar-refractivity contribution in [2.24, 2.45) is 4.99 Å². The van der Waals surface area contributed by atoms with Crippen molar-refractivity contribution in [1.82, 2.24) is 10.9 Å². The molecule has 2 atom stereocenters. The van der Waals surface area contributed by atoms with Crippen molar-refractivity contribution >= 4 is 27.7 Å². The Morgan fingerprint density at radius 3 is 2.59 bits per heavy atom. The summed E-state index contributed by atoms with van der Waals surface area (Å²) in [5.74, 6) is 1.80. The predicted molar refractivity (Wildman–Crippen MR) is 160 cm³/mol. The number of methoxy groups -OCH3 is 2. The first-order valence-electron chi connectivity index (χ1n) is 13.2. The molecule has 0 radical (unpaired) electrons. The predicted octanol–water partition coefficient (Wildman–Crippen LogP) is 4.88. The molecule has 1 aliphatic heterocycles. The van der Waals surface area contributed by atoms with E-state index in [9.17, 15) is 4.79 Å². The van der Waals surface area contributed by atoms with E-state index >= 15 is 0 Å². The SMILES string of the molecule is C=CC[C@]1(C(=O)NNCc2cccc(OC)c2OC)N=C(c2ccc(OCCCO)cc2)O[C@H]1c1ccccc1Br. The first-order valence-corrected chi connectivity index (χ1v) is 14.0. The van der Waals surface area contributed by atoms with Gasteiger partial charge in [-0.15, -0.1) is 6.58 Å². The van der Waals surface area contributed by atoms with E-state index in [1.54, 1.807) is 20.3 Å². The van der Waals surface area contributed by atoms with Gasteiger partial charge in [0.25, 0.3) is 5.91 Å². The number of carbonyl (C=O) groups excluding carboxylic acids is 1. The number of hydrogen-bond acceptors (Lipinski definition) is 8. The number of aliphatic hydroxyl groups is 1. The Balaban J connectivity index is 1.63.